The third-order valence-electron chi connectivity index (χ3n) is 3.82. The van der Waals surface area contributed by atoms with Gasteiger partial charge in [0.1, 0.15) is 17.4 Å². The highest BCUT2D eigenvalue weighted by Gasteiger charge is 2.32. The Morgan fingerprint density at radius 1 is 1.31 bits per heavy atom. The number of methoxy groups -OCH3 is 2. The number of nitrogens with zero attached hydrogens (tertiary/aromatic N) is 2. The van der Waals surface area contributed by atoms with E-state index in [1.807, 2.05) is 0 Å². The summed E-state index contributed by atoms with van der Waals surface area (Å²) in [6.45, 7) is 4.82. The summed E-state index contributed by atoms with van der Waals surface area (Å²) in [5, 5.41) is 3.84. The number of hydrogen-bond acceptors (Lipinski definition) is 7. The average molecular weight is 449 g/mol. The highest BCUT2D eigenvalue weighted by atomic mass is 79.9. The molecule has 2 aromatic rings. The minimum atomic E-state index is -4.01. The van der Waals surface area contributed by atoms with E-state index in [1.54, 1.807) is 32.9 Å². The molecule has 0 N–H and O–H groups in total. The fourth-order valence-electron chi connectivity index (χ4n) is 2.05. The maximum atomic E-state index is 13.3. The van der Waals surface area contributed by atoms with Gasteiger partial charge in [0, 0.05) is 17.1 Å². The minimum absolute atomic E-state index is 0.0421. The highest BCUT2D eigenvalue weighted by Crippen LogP contribution is 2.33. The van der Waals surface area contributed by atoms with Gasteiger partial charge in [-0.25, -0.2) is 12.7 Å². The van der Waals surface area contributed by atoms with Gasteiger partial charge in [0.25, 0.3) is 10.0 Å². The average Bonchev–Trinajstić information content (AvgIpc) is 2.93. The normalized spacial score (nSPS) is 12.8. The van der Waals surface area contributed by atoms with Crippen LogP contribution < -0.4 is 9.04 Å². The van der Waals surface area contributed by atoms with E-state index in [9.17, 15) is 8.42 Å². The number of ether oxygens (including phenoxy) is 3. The predicted octanol–water partition coefficient (Wildman–Crippen LogP) is 3.22. The van der Waals surface area contributed by atoms with Crippen molar-refractivity contribution in [2.24, 2.45) is 0 Å². The molecule has 1 heterocycles. The molecule has 2 rings (SSSR count). The molecule has 0 radical (unpaired) electrons. The van der Waals surface area contributed by atoms with Crippen LogP contribution in [-0.4, -0.2) is 40.8 Å². The number of hydrogen-bond donors (Lipinski definition) is 0. The van der Waals surface area contributed by atoms with E-state index >= 15 is 0 Å². The molecule has 0 bridgehead atoms. The second kappa shape index (κ2) is 8.38. The fraction of sp³-hybridized carbons (Fsp3) is 0.438. The molecular formula is C16H21BrN2O6S. The molecule has 144 valence electrons. The van der Waals surface area contributed by atoms with Crippen LogP contribution in [0.2, 0.25) is 0 Å². The summed E-state index contributed by atoms with van der Waals surface area (Å²) in [6.07, 6.45) is -0.601. The zero-order valence-corrected chi connectivity index (χ0v) is 17.5. The topological polar surface area (TPSA) is 91.1 Å². The van der Waals surface area contributed by atoms with E-state index in [0.29, 0.717) is 21.5 Å². The summed E-state index contributed by atoms with van der Waals surface area (Å²) >= 11 is 3.28. The molecule has 0 saturated heterocycles. The van der Waals surface area contributed by atoms with E-state index in [4.69, 9.17) is 18.7 Å². The Morgan fingerprint density at radius 3 is 2.50 bits per heavy atom. The summed E-state index contributed by atoms with van der Waals surface area (Å²) < 4.78 is 48.8. The Hall–Kier alpha value is -1.62. The van der Waals surface area contributed by atoms with E-state index in [2.05, 4.69) is 21.1 Å². The molecule has 8 nitrogen and oxygen atoms in total. The molecule has 1 atom stereocenters. The first-order chi connectivity index (χ1) is 12.2. The van der Waals surface area contributed by atoms with Crippen LogP contribution in [0.25, 0.3) is 0 Å². The molecule has 1 aromatic heterocycles. The Balaban J connectivity index is 2.50. The maximum Gasteiger partial charge on any atom is 0.269 e. The van der Waals surface area contributed by atoms with Crippen LogP contribution in [0, 0.1) is 13.8 Å². The van der Waals surface area contributed by atoms with Crippen LogP contribution in [0.3, 0.4) is 0 Å². The number of benzene rings is 1. The van der Waals surface area contributed by atoms with Crippen molar-refractivity contribution in [2.75, 3.05) is 25.3 Å². The molecule has 0 saturated carbocycles. The second-order valence-electron chi connectivity index (χ2n) is 5.45. The summed E-state index contributed by atoms with van der Waals surface area (Å²) in [5.74, 6) is 0.617. The number of sulfonamides is 1. The molecule has 26 heavy (non-hydrogen) atoms. The summed E-state index contributed by atoms with van der Waals surface area (Å²) in [6, 6.07) is 4.58. The van der Waals surface area contributed by atoms with Crippen molar-refractivity contribution in [3.8, 4) is 5.75 Å². The van der Waals surface area contributed by atoms with E-state index in [1.165, 1.54) is 20.3 Å². The highest BCUT2D eigenvalue weighted by molar-refractivity contribution is 9.10. The minimum Gasteiger partial charge on any atom is -0.497 e. The van der Waals surface area contributed by atoms with Crippen LogP contribution in [0.1, 0.15) is 18.2 Å². The van der Waals surface area contributed by atoms with Gasteiger partial charge in [-0.3, -0.25) is 0 Å². The van der Waals surface area contributed by atoms with Gasteiger partial charge in [-0.1, -0.05) is 5.16 Å². The molecule has 0 aliphatic rings. The quantitative estimate of drug-likeness (QED) is 0.572. The van der Waals surface area contributed by atoms with Crippen LogP contribution in [0.15, 0.2) is 32.1 Å². The molecular weight excluding hydrogens is 428 g/mol. The first-order valence-corrected chi connectivity index (χ1v) is 9.89. The van der Waals surface area contributed by atoms with Crippen molar-refractivity contribution in [3.05, 3.63) is 33.9 Å². The van der Waals surface area contributed by atoms with Gasteiger partial charge in [0.05, 0.1) is 12.8 Å². The van der Waals surface area contributed by atoms with Crippen LogP contribution >= 0.6 is 15.9 Å². The molecule has 0 spiro atoms. The lowest BCUT2D eigenvalue weighted by Gasteiger charge is -2.24. The molecule has 1 unspecified atom stereocenters. The molecule has 0 aliphatic heterocycles. The largest absolute Gasteiger partial charge is 0.497 e. The standard InChI is InChI=1S/C16H21BrN2O6S/c1-10-11(2)18-25-16(10)19(9-24-12(3)22-4)26(20,21)15-7-6-13(23-5)8-14(15)17/h6-8,12H,9H2,1-5H3. The van der Waals surface area contributed by atoms with Gasteiger partial charge in [-0.05, 0) is 54.9 Å². The molecule has 0 aliphatic carbocycles. The van der Waals surface area contributed by atoms with Crippen molar-refractivity contribution in [3.63, 3.8) is 0 Å². The Bertz CT molecular complexity index is 868. The van der Waals surface area contributed by atoms with Gasteiger partial charge >= 0.3 is 0 Å². The number of aryl methyl sites for hydroxylation is 1. The number of anilines is 1. The summed E-state index contributed by atoms with van der Waals surface area (Å²) in [5.41, 5.74) is 1.20. The second-order valence-corrected chi connectivity index (χ2v) is 8.13. The third kappa shape index (κ3) is 4.20. The predicted molar refractivity (Wildman–Crippen MR) is 98.8 cm³/mol. The van der Waals surface area contributed by atoms with Crippen LogP contribution in [0.4, 0.5) is 5.88 Å². The number of halogens is 1. The van der Waals surface area contributed by atoms with Gasteiger partial charge in [-0.15, -0.1) is 0 Å². The van der Waals surface area contributed by atoms with E-state index in [0.717, 1.165) is 4.31 Å². The zero-order valence-electron chi connectivity index (χ0n) is 15.1. The van der Waals surface area contributed by atoms with Crippen molar-refractivity contribution >= 4 is 31.8 Å². The monoisotopic (exact) mass is 448 g/mol. The van der Waals surface area contributed by atoms with Gasteiger partial charge in [0.15, 0.2) is 6.29 Å². The summed E-state index contributed by atoms with van der Waals surface area (Å²) in [7, 11) is -1.04. The molecule has 1 aromatic carbocycles. The zero-order chi connectivity index (χ0) is 19.5. The molecule has 0 amide bonds. The van der Waals surface area contributed by atoms with E-state index < -0.39 is 16.3 Å². The Labute approximate surface area is 161 Å². The lowest BCUT2D eigenvalue weighted by Crippen LogP contribution is -2.35. The third-order valence-corrected chi connectivity index (χ3v) is 6.51. The molecule has 0 fully saturated rings. The molecule has 10 heteroatoms. The number of rotatable bonds is 8. The first kappa shape index (κ1) is 20.7. The van der Waals surface area contributed by atoms with Gasteiger partial charge < -0.3 is 18.7 Å². The number of aromatic nitrogens is 1. The van der Waals surface area contributed by atoms with Crippen molar-refractivity contribution in [1.82, 2.24) is 5.16 Å². The van der Waals surface area contributed by atoms with Gasteiger partial charge in [-0.2, -0.15) is 0 Å². The first-order valence-electron chi connectivity index (χ1n) is 7.66. The summed E-state index contributed by atoms with van der Waals surface area (Å²) in [4.78, 5) is 0.0421. The Morgan fingerprint density at radius 2 is 2.00 bits per heavy atom. The fourth-order valence-corrected chi connectivity index (χ4v) is 4.39. The smallest absolute Gasteiger partial charge is 0.269 e. The van der Waals surface area contributed by atoms with Crippen LogP contribution in [0.5, 0.6) is 5.75 Å². The lowest BCUT2D eigenvalue weighted by atomic mass is 10.3. The lowest BCUT2D eigenvalue weighted by molar-refractivity contribution is -0.108. The van der Waals surface area contributed by atoms with Crippen molar-refractivity contribution < 1.29 is 27.2 Å². The Kier molecular flexibility index (Phi) is 6.67. The SMILES string of the molecule is COc1ccc(S(=O)(=O)N(COC(C)OC)c2onc(C)c2C)c(Br)c1. The maximum absolute atomic E-state index is 13.3. The van der Waals surface area contributed by atoms with E-state index in [-0.39, 0.29) is 17.5 Å². The van der Waals surface area contributed by atoms with Crippen molar-refractivity contribution in [2.45, 2.75) is 32.0 Å². The van der Waals surface area contributed by atoms with Crippen LogP contribution in [-0.2, 0) is 19.5 Å². The van der Waals surface area contributed by atoms with Gasteiger partial charge in [0.2, 0.25) is 5.88 Å². The van der Waals surface area contributed by atoms with Crippen molar-refractivity contribution in [1.29, 1.82) is 0 Å².